The summed E-state index contributed by atoms with van der Waals surface area (Å²) in [5.41, 5.74) is 11.7. The van der Waals surface area contributed by atoms with Crippen molar-refractivity contribution in [3.63, 3.8) is 0 Å². The lowest BCUT2D eigenvalue weighted by Crippen LogP contribution is -2.45. The third-order valence-corrected chi connectivity index (χ3v) is 10.5. The Balaban J connectivity index is 1.16. The Hall–Kier alpha value is -2.87. The number of nitrogen functional groups attached to an aromatic ring is 1. The minimum absolute atomic E-state index is 0.0841. The predicted octanol–water partition coefficient (Wildman–Crippen LogP) is -2.71. The molecule has 44 heavy (non-hydrogen) atoms. The number of anilines is 1. The van der Waals surface area contributed by atoms with Gasteiger partial charge in [-0.3, -0.25) is 18.5 Å². The Labute approximate surface area is 249 Å². The summed E-state index contributed by atoms with van der Waals surface area (Å²) in [6, 6.07) is 2.31. The molecule has 1 aliphatic heterocycles. The summed E-state index contributed by atoms with van der Waals surface area (Å²) in [7, 11) is -8.47. The molecule has 19 nitrogen and oxygen atoms in total. The van der Waals surface area contributed by atoms with E-state index in [1.807, 2.05) is 0 Å². The summed E-state index contributed by atoms with van der Waals surface area (Å²) >= 11 is 0. The highest BCUT2D eigenvalue weighted by molar-refractivity contribution is 7.83. The number of hydrogen-bond acceptors (Lipinski definition) is 15. The molecule has 2 aliphatic rings. The van der Waals surface area contributed by atoms with Crippen molar-refractivity contribution in [2.75, 3.05) is 18.9 Å². The molecule has 4 heterocycles. The lowest BCUT2D eigenvalue weighted by molar-refractivity contribution is -0.728. The topological polar surface area (TPSA) is 289 Å². The standard InChI is InChI=1S/C22H30BN7O12P2/c23-43(36,39-7-13-17(33)18(34)22(41-13)30-9-28-14-19(24)26-8-27-21(14)30)42-44(37,38)40-6-11-4-12(16(32)15(11)31)29-3-1-2-10(5-29)20(25)35/h1-3,5,8-9,11-13,15-18,22,31-34H,4,6-7,23H2,(H4-,24,25,26,27,35,37,38)/p+1. The Bertz CT molecular complexity index is 1630. The van der Waals surface area contributed by atoms with E-state index >= 15 is 0 Å². The highest BCUT2D eigenvalue weighted by Gasteiger charge is 2.49. The molecule has 3 aromatic rings. The van der Waals surface area contributed by atoms with Crippen LogP contribution in [0.1, 0.15) is 29.0 Å². The first kappa shape index (κ1) is 32.5. The summed E-state index contributed by atoms with van der Waals surface area (Å²) in [5.74, 6) is -1.44. The molecule has 0 spiro atoms. The number of phosphoric acid groups is 1. The van der Waals surface area contributed by atoms with Gasteiger partial charge < -0.3 is 46.0 Å². The first-order valence-electron chi connectivity index (χ1n) is 13.2. The van der Waals surface area contributed by atoms with E-state index < -0.39 is 83.1 Å². The average molecular weight is 658 g/mol. The smallest absolute Gasteiger partial charge is 0.390 e. The summed E-state index contributed by atoms with van der Waals surface area (Å²) in [6.45, 7) is -1.19. The van der Waals surface area contributed by atoms with E-state index in [9.17, 15) is 39.2 Å². The second-order valence-corrected chi connectivity index (χ2v) is 14.1. The molecule has 2 fully saturated rings. The molecule has 1 amide bonds. The number of phosphoric ester groups is 1. The van der Waals surface area contributed by atoms with Gasteiger partial charge in [-0.15, -0.1) is 0 Å². The SMILES string of the molecule is BP(=O)(OCC1OC(n2cnc3c(N)ncnc32)C(O)C1O)OP(=O)(O)OCC1CC([n+]2cccc(C(N)=O)c2)C(O)C1O. The second kappa shape index (κ2) is 12.5. The van der Waals surface area contributed by atoms with Crippen LogP contribution in [0.5, 0.6) is 0 Å². The van der Waals surface area contributed by atoms with Crippen molar-refractivity contribution in [1.82, 2.24) is 19.5 Å². The number of imidazole rings is 1. The molecule has 3 aromatic heterocycles. The van der Waals surface area contributed by atoms with Gasteiger partial charge in [0.25, 0.3) is 20.9 Å². The van der Waals surface area contributed by atoms with Crippen molar-refractivity contribution < 1.29 is 61.9 Å². The number of fused-ring (bicyclic) bond motifs is 1. The second-order valence-electron chi connectivity index (χ2n) is 10.5. The molecule has 10 atom stereocenters. The van der Waals surface area contributed by atoms with Gasteiger partial charge in [-0.05, 0) is 6.07 Å². The molecule has 238 valence electrons. The summed E-state index contributed by atoms with van der Waals surface area (Å²) in [4.78, 5) is 33.7. The molecule has 0 radical (unpaired) electrons. The maximum Gasteiger partial charge on any atom is 0.478 e. The van der Waals surface area contributed by atoms with E-state index in [0.29, 0.717) is 0 Å². The van der Waals surface area contributed by atoms with Crippen LogP contribution in [-0.4, -0.2) is 102 Å². The number of pyridine rings is 1. The maximum atomic E-state index is 12.9. The zero-order valence-electron chi connectivity index (χ0n) is 23.1. The normalized spacial score (nSPS) is 31.6. The van der Waals surface area contributed by atoms with Crippen molar-refractivity contribution >= 4 is 45.8 Å². The van der Waals surface area contributed by atoms with Crippen LogP contribution in [0.2, 0.25) is 0 Å². The largest absolute Gasteiger partial charge is 0.478 e. The van der Waals surface area contributed by atoms with Gasteiger partial charge in [0.05, 0.1) is 25.6 Å². The van der Waals surface area contributed by atoms with Crippen molar-refractivity contribution in [2.24, 2.45) is 11.7 Å². The van der Waals surface area contributed by atoms with Crippen LogP contribution in [0.3, 0.4) is 0 Å². The van der Waals surface area contributed by atoms with Crippen LogP contribution in [0, 0.1) is 5.92 Å². The van der Waals surface area contributed by atoms with Gasteiger partial charge in [0, 0.05) is 18.4 Å². The van der Waals surface area contributed by atoms with E-state index in [2.05, 4.69) is 15.0 Å². The lowest BCUT2D eigenvalue weighted by Gasteiger charge is -2.22. The minimum Gasteiger partial charge on any atom is -0.390 e. The van der Waals surface area contributed by atoms with Crippen LogP contribution in [0.4, 0.5) is 5.82 Å². The number of hydrogen-bond donors (Lipinski definition) is 7. The van der Waals surface area contributed by atoms with E-state index in [1.165, 1.54) is 34.1 Å². The number of aliphatic hydroxyl groups is 4. The van der Waals surface area contributed by atoms with Crippen LogP contribution in [-0.2, 0) is 27.2 Å². The van der Waals surface area contributed by atoms with Crippen molar-refractivity contribution in [3.8, 4) is 0 Å². The average Bonchev–Trinajstić information content (AvgIpc) is 3.61. The Kier molecular flexibility index (Phi) is 9.24. The molecular formula is C22H31BN7O12P2+. The molecule has 1 saturated heterocycles. The first-order chi connectivity index (χ1) is 20.7. The van der Waals surface area contributed by atoms with Crippen LogP contribution in [0.15, 0.2) is 37.2 Å². The summed E-state index contributed by atoms with van der Waals surface area (Å²) in [6.07, 6.45) is -2.61. The zero-order chi connectivity index (χ0) is 32.0. The van der Waals surface area contributed by atoms with Gasteiger partial charge in [-0.2, -0.15) is 4.57 Å². The van der Waals surface area contributed by atoms with Gasteiger partial charge in [-0.25, -0.2) is 23.8 Å². The van der Waals surface area contributed by atoms with Gasteiger partial charge >= 0.3 is 7.82 Å². The molecule has 1 saturated carbocycles. The third-order valence-electron chi connectivity index (χ3n) is 7.44. The maximum absolute atomic E-state index is 12.9. The molecule has 0 bridgehead atoms. The lowest BCUT2D eigenvalue weighted by atomic mass is 10.1. The highest BCUT2D eigenvalue weighted by atomic mass is 31.3. The number of carbonyl (C=O) groups excluding carboxylic acids is 1. The fourth-order valence-corrected chi connectivity index (χ4v) is 7.87. The van der Waals surface area contributed by atoms with Crippen LogP contribution in [0.25, 0.3) is 11.2 Å². The molecule has 9 N–H and O–H groups in total. The van der Waals surface area contributed by atoms with Crippen LogP contribution >= 0.6 is 15.3 Å². The fraction of sp³-hybridized carbons (Fsp3) is 0.500. The van der Waals surface area contributed by atoms with E-state index in [0.717, 1.165) is 7.57 Å². The molecule has 22 heteroatoms. The number of carbonyl (C=O) groups is 1. The van der Waals surface area contributed by atoms with E-state index in [1.54, 1.807) is 12.3 Å². The number of aliphatic hydroxyl groups excluding tert-OH is 4. The van der Waals surface area contributed by atoms with Gasteiger partial charge in [0.2, 0.25) is 0 Å². The number of amides is 1. The predicted molar refractivity (Wildman–Crippen MR) is 149 cm³/mol. The van der Waals surface area contributed by atoms with Crippen molar-refractivity contribution in [1.29, 1.82) is 0 Å². The quantitative estimate of drug-likeness (QED) is 0.0626. The molecule has 0 aromatic carbocycles. The van der Waals surface area contributed by atoms with Gasteiger partial charge in [0.1, 0.15) is 41.8 Å². The van der Waals surface area contributed by atoms with Gasteiger partial charge in [-0.1, -0.05) is 0 Å². The Morgan fingerprint density at radius 2 is 1.86 bits per heavy atom. The zero-order valence-corrected chi connectivity index (χ0v) is 24.9. The third kappa shape index (κ3) is 6.70. The number of nitrogens with zero attached hydrogens (tertiary/aromatic N) is 5. The molecule has 10 unspecified atom stereocenters. The first-order valence-corrected chi connectivity index (χ1v) is 16.7. The van der Waals surface area contributed by atoms with Crippen molar-refractivity contribution in [3.05, 3.63) is 42.7 Å². The molecular weight excluding hydrogens is 627 g/mol. The van der Waals surface area contributed by atoms with Crippen molar-refractivity contribution in [2.45, 2.75) is 49.2 Å². The Morgan fingerprint density at radius 1 is 1.11 bits per heavy atom. The number of ether oxygens (including phenoxy) is 1. The monoisotopic (exact) mass is 658 g/mol. The number of aromatic nitrogens is 5. The summed E-state index contributed by atoms with van der Waals surface area (Å²) < 4.78 is 48.9. The number of primary amides is 1. The Morgan fingerprint density at radius 3 is 2.59 bits per heavy atom. The fourth-order valence-electron chi connectivity index (χ4n) is 5.19. The number of nitrogens with two attached hydrogens (primary N) is 2. The molecule has 1 aliphatic carbocycles. The highest BCUT2D eigenvalue weighted by Crippen LogP contribution is 2.60. The van der Waals surface area contributed by atoms with E-state index in [-0.39, 0.29) is 29.0 Å². The minimum atomic E-state index is -5.04. The number of rotatable bonds is 11. The summed E-state index contributed by atoms with van der Waals surface area (Å²) in [5, 5.41) is 42.1. The molecule has 5 rings (SSSR count). The van der Waals surface area contributed by atoms with E-state index in [4.69, 9.17) is 29.6 Å². The van der Waals surface area contributed by atoms with Gasteiger partial charge in [0.15, 0.2) is 36.1 Å². The van der Waals surface area contributed by atoms with Crippen LogP contribution < -0.4 is 16.0 Å².